The SMILES string of the molecule is COc1nccnc1-c1ccc(Cl)c(C=O)c1. The van der Waals surface area contributed by atoms with Gasteiger partial charge in [0.1, 0.15) is 5.69 Å². The minimum Gasteiger partial charge on any atom is -0.479 e. The molecule has 5 heteroatoms. The monoisotopic (exact) mass is 248 g/mol. The second-order valence-electron chi connectivity index (χ2n) is 3.27. The maximum absolute atomic E-state index is 10.8. The maximum Gasteiger partial charge on any atom is 0.240 e. The van der Waals surface area contributed by atoms with Gasteiger partial charge in [-0.05, 0) is 12.1 Å². The van der Waals surface area contributed by atoms with E-state index in [1.165, 1.54) is 7.11 Å². The second-order valence-corrected chi connectivity index (χ2v) is 3.68. The third kappa shape index (κ3) is 2.26. The molecular weight excluding hydrogens is 240 g/mol. The number of carbonyl (C=O) groups is 1. The molecule has 2 rings (SSSR count). The van der Waals surface area contributed by atoms with Crippen molar-refractivity contribution in [2.24, 2.45) is 0 Å². The number of nitrogens with zero attached hydrogens (tertiary/aromatic N) is 2. The molecule has 0 amide bonds. The highest BCUT2D eigenvalue weighted by atomic mass is 35.5. The molecule has 4 nitrogen and oxygen atoms in total. The van der Waals surface area contributed by atoms with Crippen molar-refractivity contribution in [3.63, 3.8) is 0 Å². The van der Waals surface area contributed by atoms with Gasteiger partial charge < -0.3 is 4.74 Å². The molecule has 17 heavy (non-hydrogen) atoms. The molecular formula is C12H9ClN2O2. The van der Waals surface area contributed by atoms with Crippen LogP contribution in [0.25, 0.3) is 11.3 Å². The number of aldehydes is 1. The highest BCUT2D eigenvalue weighted by molar-refractivity contribution is 6.33. The Bertz CT molecular complexity index is 558. The molecule has 0 saturated carbocycles. The van der Waals surface area contributed by atoms with E-state index in [0.29, 0.717) is 28.4 Å². The van der Waals surface area contributed by atoms with Crippen LogP contribution >= 0.6 is 11.6 Å². The zero-order chi connectivity index (χ0) is 12.3. The van der Waals surface area contributed by atoms with Crippen LogP contribution in [0.1, 0.15) is 10.4 Å². The quantitative estimate of drug-likeness (QED) is 0.784. The Balaban J connectivity index is 2.56. The summed E-state index contributed by atoms with van der Waals surface area (Å²) in [5.74, 6) is 0.409. The van der Waals surface area contributed by atoms with E-state index in [1.807, 2.05) is 0 Å². The van der Waals surface area contributed by atoms with Gasteiger partial charge in [0.2, 0.25) is 5.88 Å². The Morgan fingerprint density at radius 1 is 1.29 bits per heavy atom. The van der Waals surface area contributed by atoms with Crippen molar-refractivity contribution >= 4 is 17.9 Å². The number of rotatable bonds is 3. The Labute approximate surface area is 103 Å². The molecule has 0 fully saturated rings. The molecule has 1 aromatic heterocycles. The molecule has 0 spiro atoms. The van der Waals surface area contributed by atoms with Crippen LogP contribution in [-0.4, -0.2) is 23.4 Å². The number of halogens is 1. The van der Waals surface area contributed by atoms with E-state index < -0.39 is 0 Å². The van der Waals surface area contributed by atoms with Crippen LogP contribution in [-0.2, 0) is 0 Å². The topological polar surface area (TPSA) is 52.1 Å². The highest BCUT2D eigenvalue weighted by Crippen LogP contribution is 2.27. The smallest absolute Gasteiger partial charge is 0.240 e. The summed E-state index contributed by atoms with van der Waals surface area (Å²) in [4.78, 5) is 19.0. The van der Waals surface area contributed by atoms with Gasteiger partial charge >= 0.3 is 0 Å². The van der Waals surface area contributed by atoms with E-state index in [0.717, 1.165) is 5.56 Å². The number of carbonyl (C=O) groups excluding carboxylic acids is 1. The van der Waals surface area contributed by atoms with E-state index in [4.69, 9.17) is 16.3 Å². The van der Waals surface area contributed by atoms with Crippen LogP contribution in [0.2, 0.25) is 5.02 Å². The van der Waals surface area contributed by atoms with Crippen molar-refractivity contribution in [2.45, 2.75) is 0 Å². The van der Waals surface area contributed by atoms with Crippen LogP contribution in [0, 0.1) is 0 Å². The van der Waals surface area contributed by atoms with E-state index >= 15 is 0 Å². The fraction of sp³-hybridized carbons (Fsp3) is 0.0833. The fourth-order valence-electron chi connectivity index (χ4n) is 1.45. The second kappa shape index (κ2) is 4.93. The summed E-state index contributed by atoms with van der Waals surface area (Å²) in [6.45, 7) is 0. The largest absolute Gasteiger partial charge is 0.479 e. The third-order valence-electron chi connectivity index (χ3n) is 2.25. The van der Waals surface area contributed by atoms with Gasteiger partial charge in [0, 0.05) is 23.5 Å². The lowest BCUT2D eigenvalue weighted by Crippen LogP contribution is -1.94. The Morgan fingerprint density at radius 3 is 2.76 bits per heavy atom. The summed E-state index contributed by atoms with van der Waals surface area (Å²) in [6.07, 6.45) is 3.81. The first-order valence-corrected chi connectivity index (χ1v) is 5.24. The Hall–Kier alpha value is -1.94. The molecule has 0 radical (unpaired) electrons. The van der Waals surface area contributed by atoms with Crippen LogP contribution in [0.15, 0.2) is 30.6 Å². The van der Waals surface area contributed by atoms with Crippen molar-refractivity contribution in [1.82, 2.24) is 9.97 Å². The van der Waals surface area contributed by atoms with E-state index in [-0.39, 0.29) is 0 Å². The van der Waals surface area contributed by atoms with E-state index in [2.05, 4.69) is 9.97 Å². The molecule has 0 saturated heterocycles. The first kappa shape index (κ1) is 11.5. The van der Waals surface area contributed by atoms with E-state index in [1.54, 1.807) is 30.6 Å². The van der Waals surface area contributed by atoms with Crippen molar-refractivity contribution in [3.05, 3.63) is 41.2 Å². The number of hydrogen-bond acceptors (Lipinski definition) is 4. The van der Waals surface area contributed by atoms with Gasteiger partial charge in [-0.1, -0.05) is 17.7 Å². The van der Waals surface area contributed by atoms with E-state index in [9.17, 15) is 4.79 Å². The molecule has 86 valence electrons. The molecule has 0 atom stereocenters. The highest BCUT2D eigenvalue weighted by Gasteiger charge is 2.10. The molecule has 0 aliphatic rings. The third-order valence-corrected chi connectivity index (χ3v) is 2.60. The van der Waals surface area contributed by atoms with Crippen LogP contribution < -0.4 is 4.74 Å². The number of methoxy groups -OCH3 is 1. The number of aromatic nitrogens is 2. The summed E-state index contributed by atoms with van der Waals surface area (Å²) in [5, 5.41) is 0.409. The lowest BCUT2D eigenvalue weighted by molar-refractivity contribution is 0.112. The molecule has 0 N–H and O–H groups in total. The number of ether oxygens (including phenoxy) is 1. The molecule has 2 aromatic rings. The lowest BCUT2D eigenvalue weighted by Gasteiger charge is -2.06. The molecule has 1 aromatic carbocycles. The van der Waals surface area contributed by atoms with Gasteiger partial charge in [-0.2, -0.15) is 0 Å². The van der Waals surface area contributed by atoms with Gasteiger partial charge in [0.25, 0.3) is 0 Å². The van der Waals surface area contributed by atoms with Crippen molar-refractivity contribution in [2.75, 3.05) is 7.11 Å². The predicted molar refractivity (Wildman–Crippen MR) is 64.4 cm³/mol. The molecule has 0 bridgehead atoms. The molecule has 1 heterocycles. The molecule has 0 aliphatic carbocycles. The van der Waals surface area contributed by atoms with Gasteiger partial charge in [0.15, 0.2) is 6.29 Å². The summed E-state index contributed by atoms with van der Waals surface area (Å²) in [7, 11) is 1.52. The van der Waals surface area contributed by atoms with Crippen molar-refractivity contribution in [1.29, 1.82) is 0 Å². The molecule has 0 unspecified atom stereocenters. The summed E-state index contributed by atoms with van der Waals surface area (Å²) >= 11 is 5.86. The Kier molecular flexibility index (Phi) is 3.35. The van der Waals surface area contributed by atoms with Crippen LogP contribution in [0.3, 0.4) is 0 Å². The zero-order valence-electron chi connectivity index (χ0n) is 9.05. The zero-order valence-corrected chi connectivity index (χ0v) is 9.81. The fourth-order valence-corrected chi connectivity index (χ4v) is 1.62. The summed E-state index contributed by atoms with van der Waals surface area (Å²) in [6, 6.07) is 5.07. The van der Waals surface area contributed by atoms with Gasteiger partial charge in [0.05, 0.1) is 12.1 Å². The Morgan fingerprint density at radius 2 is 2.06 bits per heavy atom. The summed E-state index contributed by atoms with van der Waals surface area (Å²) < 4.78 is 5.11. The van der Waals surface area contributed by atoms with Gasteiger partial charge in [-0.15, -0.1) is 0 Å². The first-order chi connectivity index (χ1) is 8.26. The average molecular weight is 249 g/mol. The predicted octanol–water partition coefficient (Wildman–Crippen LogP) is 2.62. The minimum atomic E-state index is 0.409. The summed E-state index contributed by atoms with van der Waals surface area (Å²) in [5.41, 5.74) is 1.73. The van der Waals surface area contributed by atoms with Gasteiger partial charge in [-0.25, -0.2) is 9.97 Å². The molecule has 0 aliphatic heterocycles. The van der Waals surface area contributed by atoms with Gasteiger partial charge in [-0.3, -0.25) is 4.79 Å². The average Bonchev–Trinajstić information content (AvgIpc) is 2.39. The standard InChI is InChI=1S/C12H9ClN2O2/c1-17-12-11(14-4-5-15-12)8-2-3-10(13)9(6-8)7-16/h2-7H,1H3. The van der Waals surface area contributed by atoms with Crippen LogP contribution in [0.5, 0.6) is 5.88 Å². The first-order valence-electron chi connectivity index (χ1n) is 4.86. The van der Waals surface area contributed by atoms with Crippen molar-refractivity contribution < 1.29 is 9.53 Å². The lowest BCUT2D eigenvalue weighted by atomic mass is 10.1. The number of benzene rings is 1. The minimum absolute atomic E-state index is 0.409. The number of hydrogen-bond donors (Lipinski definition) is 0. The maximum atomic E-state index is 10.8. The van der Waals surface area contributed by atoms with Crippen molar-refractivity contribution in [3.8, 4) is 17.1 Å². The van der Waals surface area contributed by atoms with Crippen LogP contribution in [0.4, 0.5) is 0 Å². The normalized spacial score (nSPS) is 10.0.